The van der Waals surface area contributed by atoms with Crippen molar-refractivity contribution in [3.63, 3.8) is 0 Å². The van der Waals surface area contributed by atoms with Crippen LogP contribution in [-0.2, 0) is 16.0 Å². The highest BCUT2D eigenvalue weighted by Crippen LogP contribution is 2.38. The summed E-state index contributed by atoms with van der Waals surface area (Å²) in [6, 6.07) is 9.61. The number of fused-ring (bicyclic) bond motifs is 1. The zero-order valence-corrected chi connectivity index (χ0v) is 22.4. The number of rotatable bonds is 7. The molecule has 2 aliphatic heterocycles. The van der Waals surface area contributed by atoms with Gasteiger partial charge in [-0.05, 0) is 70.5 Å². The van der Waals surface area contributed by atoms with E-state index >= 15 is 0 Å². The predicted molar refractivity (Wildman–Crippen MR) is 145 cm³/mol. The number of benzene rings is 1. The number of likely N-dealkylation sites (tertiary alicyclic amines) is 1. The summed E-state index contributed by atoms with van der Waals surface area (Å²) in [6.07, 6.45) is 8.18. The van der Waals surface area contributed by atoms with E-state index < -0.39 is 6.04 Å². The fourth-order valence-electron chi connectivity index (χ4n) is 6.23. The average molecular weight is 505 g/mol. The average Bonchev–Trinajstić information content (AvgIpc) is 3.59. The van der Waals surface area contributed by atoms with Crippen LogP contribution in [0.15, 0.2) is 30.3 Å². The maximum atomic E-state index is 14.1. The Kier molecular flexibility index (Phi) is 7.74. The Labute approximate surface area is 220 Å². The third-order valence-corrected chi connectivity index (χ3v) is 8.40. The Balaban J connectivity index is 1.41. The van der Waals surface area contributed by atoms with Crippen LogP contribution in [0.1, 0.15) is 75.0 Å². The van der Waals surface area contributed by atoms with Gasteiger partial charge in [-0.3, -0.25) is 9.59 Å². The van der Waals surface area contributed by atoms with Gasteiger partial charge >= 0.3 is 0 Å². The van der Waals surface area contributed by atoms with Crippen molar-refractivity contribution in [1.82, 2.24) is 25.5 Å². The fraction of sp³-hybridized carbons (Fsp3) is 0.586. The van der Waals surface area contributed by atoms with E-state index in [1.54, 1.807) is 7.05 Å². The number of nitrogens with one attached hydrogen (secondary N) is 2. The second-order valence-electron chi connectivity index (χ2n) is 10.8. The van der Waals surface area contributed by atoms with Crippen molar-refractivity contribution < 1.29 is 9.59 Å². The zero-order chi connectivity index (χ0) is 25.9. The normalized spacial score (nSPS) is 21.5. The number of aryl methyl sites for hydroxylation is 1. The van der Waals surface area contributed by atoms with Crippen LogP contribution in [0, 0.1) is 12.8 Å². The molecule has 2 aromatic rings. The van der Waals surface area contributed by atoms with Gasteiger partial charge in [-0.15, -0.1) is 0 Å². The maximum absolute atomic E-state index is 14.1. The third kappa shape index (κ3) is 5.35. The van der Waals surface area contributed by atoms with Crippen LogP contribution >= 0.6 is 0 Å². The SMILES string of the molecule is CN[C@@H](C)C(=O)N[C@H](C(=O)N1CCC[C@H]1c1cc(N2CCc3ccccc32)nc(C)n1)C1CCCCC1. The number of hydrogen-bond acceptors (Lipinski definition) is 6. The molecule has 1 aromatic heterocycles. The number of amides is 2. The molecule has 1 saturated heterocycles. The number of carbonyl (C=O) groups excluding carboxylic acids is 2. The Morgan fingerprint density at radius 2 is 1.81 bits per heavy atom. The Bertz CT molecular complexity index is 1130. The lowest BCUT2D eigenvalue weighted by Gasteiger charge is -2.35. The number of hydrogen-bond donors (Lipinski definition) is 2. The first-order chi connectivity index (χ1) is 18.0. The molecule has 2 fully saturated rings. The number of nitrogens with zero attached hydrogens (tertiary/aromatic N) is 4. The molecule has 0 spiro atoms. The first-order valence-electron chi connectivity index (χ1n) is 14.0. The third-order valence-electron chi connectivity index (χ3n) is 8.40. The Morgan fingerprint density at radius 3 is 2.59 bits per heavy atom. The van der Waals surface area contributed by atoms with E-state index in [-0.39, 0.29) is 29.8 Å². The molecule has 37 heavy (non-hydrogen) atoms. The summed E-state index contributed by atoms with van der Waals surface area (Å²) in [5, 5.41) is 6.13. The molecule has 2 N–H and O–H groups in total. The molecule has 198 valence electrons. The second-order valence-corrected chi connectivity index (χ2v) is 10.8. The van der Waals surface area contributed by atoms with E-state index in [9.17, 15) is 9.59 Å². The lowest BCUT2D eigenvalue weighted by Crippen LogP contribution is -2.55. The number of aromatic nitrogens is 2. The van der Waals surface area contributed by atoms with Crippen LogP contribution < -0.4 is 15.5 Å². The van der Waals surface area contributed by atoms with Crippen molar-refractivity contribution in [3.8, 4) is 0 Å². The molecule has 0 bridgehead atoms. The van der Waals surface area contributed by atoms with Gasteiger partial charge in [0.2, 0.25) is 11.8 Å². The first-order valence-corrected chi connectivity index (χ1v) is 14.0. The minimum atomic E-state index is -0.489. The molecule has 0 radical (unpaired) electrons. The first kappa shape index (κ1) is 25.6. The quantitative estimate of drug-likeness (QED) is 0.596. The Morgan fingerprint density at radius 1 is 1.03 bits per heavy atom. The summed E-state index contributed by atoms with van der Waals surface area (Å²) in [4.78, 5) is 40.8. The molecule has 2 amide bonds. The Hall–Kier alpha value is -3.00. The van der Waals surface area contributed by atoms with E-state index in [1.165, 1.54) is 17.7 Å². The number of para-hydroxylation sites is 1. The van der Waals surface area contributed by atoms with Gasteiger partial charge in [-0.1, -0.05) is 37.5 Å². The highest BCUT2D eigenvalue weighted by atomic mass is 16.2. The summed E-state index contributed by atoms with van der Waals surface area (Å²) in [6.45, 7) is 5.34. The number of anilines is 2. The molecule has 8 heteroatoms. The summed E-state index contributed by atoms with van der Waals surface area (Å²) >= 11 is 0. The van der Waals surface area contributed by atoms with Gasteiger partial charge in [0, 0.05) is 24.8 Å². The summed E-state index contributed by atoms with van der Waals surface area (Å²) in [7, 11) is 1.77. The van der Waals surface area contributed by atoms with Crippen LogP contribution in [0.4, 0.5) is 11.5 Å². The molecule has 3 atom stereocenters. The number of carbonyl (C=O) groups is 2. The van der Waals surface area contributed by atoms with Gasteiger partial charge in [0.1, 0.15) is 17.7 Å². The van der Waals surface area contributed by atoms with Crippen LogP contribution in [0.5, 0.6) is 0 Å². The minimum absolute atomic E-state index is 0.0374. The second kappa shape index (κ2) is 11.2. The monoisotopic (exact) mass is 504 g/mol. The number of likely N-dealkylation sites (N-methyl/N-ethyl adjacent to an activating group) is 1. The summed E-state index contributed by atoms with van der Waals surface area (Å²) in [5.74, 6) is 1.72. The molecule has 8 nitrogen and oxygen atoms in total. The van der Waals surface area contributed by atoms with E-state index in [4.69, 9.17) is 9.97 Å². The molecule has 3 heterocycles. The standard InChI is InChI=1S/C29H40N6O2/c1-19(30-3)28(36)33-27(22-11-5-4-6-12-22)29(37)35-16-9-14-25(35)23-18-26(32-20(2)31-23)34-17-15-21-10-7-8-13-24(21)34/h7-8,10,13,18-19,22,25,27,30H,4-6,9,11-12,14-17H2,1-3H3,(H,33,36)/t19-,25-,27-/m0/s1. The summed E-state index contributed by atoms with van der Waals surface area (Å²) in [5.41, 5.74) is 3.43. The molecule has 3 aliphatic rings. The molecular formula is C29H40N6O2. The van der Waals surface area contributed by atoms with Gasteiger partial charge < -0.3 is 20.4 Å². The largest absolute Gasteiger partial charge is 0.343 e. The van der Waals surface area contributed by atoms with Gasteiger partial charge in [-0.2, -0.15) is 0 Å². The maximum Gasteiger partial charge on any atom is 0.246 e. The highest BCUT2D eigenvalue weighted by Gasteiger charge is 2.40. The van der Waals surface area contributed by atoms with E-state index in [0.717, 1.165) is 68.8 Å². The van der Waals surface area contributed by atoms with Crippen molar-refractivity contribution in [2.45, 2.75) is 83.3 Å². The fourth-order valence-corrected chi connectivity index (χ4v) is 6.23. The van der Waals surface area contributed by atoms with Crippen LogP contribution in [0.3, 0.4) is 0 Å². The topological polar surface area (TPSA) is 90.5 Å². The van der Waals surface area contributed by atoms with Crippen molar-refractivity contribution in [2.75, 3.05) is 25.0 Å². The van der Waals surface area contributed by atoms with Crippen molar-refractivity contribution in [1.29, 1.82) is 0 Å². The summed E-state index contributed by atoms with van der Waals surface area (Å²) < 4.78 is 0. The van der Waals surface area contributed by atoms with Crippen LogP contribution in [-0.4, -0.2) is 58.9 Å². The highest BCUT2D eigenvalue weighted by molar-refractivity contribution is 5.90. The predicted octanol–water partition coefficient (Wildman–Crippen LogP) is 3.82. The molecule has 1 saturated carbocycles. The molecule has 1 aromatic carbocycles. The van der Waals surface area contributed by atoms with Crippen molar-refractivity contribution >= 4 is 23.3 Å². The van der Waals surface area contributed by atoms with Crippen molar-refractivity contribution in [2.24, 2.45) is 5.92 Å². The van der Waals surface area contributed by atoms with Gasteiger partial charge in [0.05, 0.1) is 17.8 Å². The zero-order valence-electron chi connectivity index (χ0n) is 22.4. The van der Waals surface area contributed by atoms with Crippen LogP contribution in [0.25, 0.3) is 0 Å². The van der Waals surface area contributed by atoms with E-state index in [2.05, 4.69) is 45.9 Å². The molecule has 5 rings (SSSR count). The van der Waals surface area contributed by atoms with Gasteiger partial charge in [0.25, 0.3) is 0 Å². The van der Waals surface area contributed by atoms with Gasteiger partial charge in [-0.25, -0.2) is 9.97 Å². The molecule has 1 aliphatic carbocycles. The lowest BCUT2D eigenvalue weighted by atomic mass is 9.83. The van der Waals surface area contributed by atoms with E-state index in [0.29, 0.717) is 6.54 Å². The van der Waals surface area contributed by atoms with Crippen LogP contribution in [0.2, 0.25) is 0 Å². The van der Waals surface area contributed by atoms with E-state index in [1.807, 2.05) is 18.7 Å². The lowest BCUT2D eigenvalue weighted by molar-refractivity contribution is -0.139. The smallest absolute Gasteiger partial charge is 0.246 e. The van der Waals surface area contributed by atoms with Crippen molar-refractivity contribution in [3.05, 3.63) is 47.4 Å². The molecule has 0 unspecified atom stereocenters. The molecular weight excluding hydrogens is 464 g/mol. The minimum Gasteiger partial charge on any atom is -0.343 e. The van der Waals surface area contributed by atoms with Gasteiger partial charge in [0.15, 0.2) is 0 Å².